The Morgan fingerprint density at radius 2 is 2.22 bits per heavy atom. The van der Waals surface area contributed by atoms with E-state index in [4.69, 9.17) is 0 Å². The van der Waals surface area contributed by atoms with Crippen molar-refractivity contribution in [2.45, 2.75) is 39.4 Å². The number of aryl methyl sites for hydroxylation is 1. The summed E-state index contributed by atoms with van der Waals surface area (Å²) in [6.45, 7) is 5.85. The average Bonchev–Trinajstić information content (AvgIpc) is 2.85. The number of pyridine rings is 1. The molecule has 2 rings (SSSR count). The van der Waals surface area contributed by atoms with E-state index in [2.05, 4.69) is 34.2 Å². The van der Waals surface area contributed by atoms with Crippen LogP contribution in [0.1, 0.15) is 37.8 Å². The van der Waals surface area contributed by atoms with Crippen LogP contribution in [0.3, 0.4) is 0 Å². The first-order chi connectivity index (χ1) is 8.81. The van der Waals surface area contributed by atoms with Crippen LogP contribution in [0.5, 0.6) is 0 Å². The van der Waals surface area contributed by atoms with E-state index in [-0.39, 0.29) is 6.04 Å². The Morgan fingerprint density at radius 1 is 1.33 bits per heavy atom. The first-order valence-corrected chi connectivity index (χ1v) is 6.32. The number of nitrogens with zero attached hydrogens (tertiary/aromatic N) is 4. The molecule has 0 aliphatic carbocycles. The quantitative estimate of drug-likeness (QED) is 0.845. The Morgan fingerprint density at radius 3 is 2.94 bits per heavy atom. The minimum absolute atomic E-state index is 0.206. The zero-order valence-corrected chi connectivity index (χ0v) is 10.9. The van der Waals surface area contributed by atoms with Crippen LogP contribution in [0.2, 0.25) is 0 Å². The summed E-state index contributed by atoms with van der Waals surface area (Å²) in [7, 11) is 0. The van der Waals surface area contributed by atoms with Crippen molar-refractivity contribution in [3.8, 4) is 0 Å². The molecule has 1 N–H and O–H groups in total. The average molecular weight is 245 g/mol. The normalized spacial score (nSPS) is 12.6. The lowest BCUT2D eigenvalue weighted by molar-refractivity contribution is 0.504. The molecule has 0 spiro atoms. The summed E-state index contributed by atoms with van der Waals surface area (Å²) in [6, 6.07) is 6.15. The van der Waals surface area contributed by atoms with Crippen LogP contribution >= 0.6 is 0 Å². The summed E-state index contributed by atoms with van der Waals surface area (Å²) >= 11 is 0. The predicted octanol–water partition coefficient (Wildman–Crippen LogP) is 1.93. The highest BCUT2D eigenvalue weighted by Gasteiger charge is 2.08. The topological polar surface area (TPSA) is 55.6 Å². The van der Waals surface area contributed by atoms with E-state index in [0.717, 1.165) is 24.5 Å². The van der Waals surface area contributed by atoms with Crippen molar-refractivity contribution in [3.05, 3.63) is 42.2 Å². The standard InChI is InChI=1S/C13H19N5/c1-3-8-18-13(16-10-17-18)9-15-11(2)12-6-4-5-7-14-12/h4-7,10-11,15H,3,8-9H2,1-2H3. The van der Waals surface area contributed by atoms with E-state index < -0.39 is 0 Å². The van der Waals surface area contributed by atoms with E-state index in [1.165, 1.54) is 0 Å². The van der Waals surface area contributed by atoms with Crippen molar-refractivity contribution in [1.82, 2.24) is 25.1 Å². The van der Waals surface area contributed by atoms with Crippen molar-refractivity contribution in [3.63, 3.8) is 0 Å². The number of rotatable bonds is 6. The van der Waals surface area contributed by atoms with Gasteiger partial charge in [0.25, 0.3) is 0 Å². The van der Waals surface area contributed by atoms with E-state index >= 15 is 0 Å². The van der Waals surface area contributed by atoms with Gasteiger partial charge in [-0.1, -0.05) is 13.0 Å². The van der Waals surface area contributed by atoms with Crippen LogP contribution < -0.4 is 5.32 Å². The lowest BCUT2D eigenvalue weighted by Crippen LogP contribution is -2.21. The van der Waals surface area contributed by atoms with Gasteiger partial charge in [0.2, 0.25) is 0 Å². The zero-order valence-electron chi connectivity index (χ0n) is 10.9. The molecule has 1 atom stereocenters. The van der Waals surface area contributed by atoms with Crippen molar-refractivity contribution in [1.29, 1.82) is 0 Å². The number of aromatic nitrogens is 4. The molecular weight excluding hydrogens is 226 g/mol. The maximum atomic E-state index is 4.33. The maximum Gasteiger partial charge on any atom is 0.140 e. The van der Waals surface area contributed by atoms with Gasteiger partial charge in [0.05, 0.1) is 12.2 Å². The van der Waals surface area contributed by atoms with Crippen LogP contribution in [0.15, 0.2) is 30.7 Å². The molecule has 0 aliphatic heterocycles. The third-order valence-corrected chi connectivity index (χ3v) is 2.83. The van der Waals surface area contributed by atoms with E-state index in [0.29, 0.717) is 6.54 Å². The zero-order chi connectivity index (χ0) is 12.8. The highest BCUT2D eigenvalue weighted by atomic mass is 15.3. The molecule has 1 unspecified atom stereocenters. The van der Waals surface area contributed by atoms with Crippen LogP contribution in [-0.4, -0.2) is 19.7 Å². The summed E-state index contributed by atoms with van der Waals surface area (Å²) in [5.41, 5.74) is 1.04. The Balaban J connectivity index is 1.93. The summed E-state index contributed by atoms with van der Waals surface area (Å²) in [6.07, 6.45) is 4.48. The fourth-order valence-corrected chi connectivity index (χ4v) is 1.80. The number of hydrogen-bond donors (Lipinski definition) is 1. The Bertz CT molecular complexity index is 465. The molecule has 0 saturated heterocycles. The molecule has 0 amide bonds. The van der Waals surface area contributed by atoms with Gasteiger partial charge in [0, 0.05) is 18.8 Å². The van der Waals surface area contributed by atoms with Crippen molar-refractivity contribution < 1.29 is 0 Å². The van der Waals surface area contributed by atoms with Gasteiger partial charge in [-0.05, 0) is 25.5 Å². The minimum Gasteiger partial charge on any atom is -0.302 e. The molecular formula is C13H19N5. The van der Waals surface area contributed by atoms with Crippen molar-refractivity contribution in [2.24, 2.45) is 0 Å². The highest BCUT2D eigenvalue weighted by Crippen LogP contribution is 2.08. The second-order valence-electron chi connectivity index (χ2n) is 4.26. The first kappa shape index (κ1) is 12.7. The second-order valence-corrected chi connectivity index (χ2v) is 4.26. The fourth-order valence-electron chi connectivity index (χ4n) is 1.80. The minimum atomic E-state index is 0.206. The molecule has 2 aromatic rings. The predicted molar refractivity (Wildman–Crippen MR) is 69.8 cm³/mol. The van der Waals surface area contributed by atoms with Gasteiger partial charge < -0.3 is 5.32 Å². The largest absolute Gasteiger partial charge is 0.302 e. The summed E-state index contributed by atoms with van der Waals surface area (Å²) in [4.78, 5) is 8.60. The Labute approximate surface area is 107 Å². The summed E-state index contributed by atoms with van der Waals surface area (Å²) < 4.78 is 1.94. The van der Waals surface area contributed by atoms with Gasteiger partial charge in [-0.15, -0.1) is 0 Å². The third kappa shape index (κ3) is 3.13. The van der Waals surface area contributed by atoms with Crippen LogP contribution in [0.4, 0.5) is 0 Å². The smallest absolute Gasteiger partial charge is 0.140 e. The fraction of sp³-hybridized carbons (Fsp3) is 0.462. The molecule has 18 heavy (non-hydrogen) atoms. The molecule has 2 heterocycles. The van der Waals surface area contributed by atoms with Crippen LogP contribution in [-0.2, 0) is 13.1 Å². The van der Waals surface area contributed by atoms with Gasteiger partial charge in [-0.25, -0.2) is 9.67 Å². The molecule has 0 fully saturated rings. The van der Waals surface area contributed by atoms with Crippen LogP contribution in [0.25, 0.3) is 0 Å². The Kier molecular flexibility index (Phi) is 4.41. The summed E-state index contributed by atoms with van der Waals surface area (Å²) in [5.74, 6) is 0.972. The molecule has 0 saturated carbocycles. The van der Waals surface area contributed by atoms with Crippen molar-refractivity contribution in [2.75, 3.05) is 0 Å². The maximum absolute atomic E-state index is 4.33. The van der Waals surface area contributed by atoms with Gasteiger partial charge in [-0.2, -0.15) is 5.10 Å². The summed E-state index contributed by atoms with van der Waals surface area (Å²) in [5, 5.41) is 7.62. The lowest BCUT2D eigenvalue weighted by Gasteiger charge is -2.13. The van der Waals surface area contributed by atoms with Gasteiger partial charge >= 0.3 is 0 Å². The lowest BCUT2D eigenvalue weighted by atomic mass is 10.2. The van der Waals surface area contributed by atoms with E-state index in [1.807, 2.05) is 29.1 Å². The van der Waals surface area contributed by atoms with Crippen molar-refractivity contribution >= 4 is 0 Å². The molecule has 0 aliphatic rings. The molecule has 0 aromatic carbocycles. The third-order valence-electron chi connectivity index (χ3n) is 2.83. The first-order valence-electron chi connectivity index (χ1n) is 6.32. The Hall–Kier alpha value is -1.75. The number of nitrogens with one attached hydrogen (secondary N) is 1. The van der Waals surface area contributed by atoms with Gasteiger partial charge in [0.1, 0.15) is 12.2 Å². The highest BCUT2D eigenvalue weighted by molar-refractivity contribution is 5.07. The van der Waals surface area contributed by atoms with Crippen LogP contribution in [0, 0.1) is 0 Å². The second kappa shape index (κ2) is 6.26. The molecule has 0 radical (unpaired) electrons. The van der Waals surface area contributed by atoms with Gasteiger partial charge in [-0.3, -0.25) is 4.98 Å². The SMILES string of the molecule is CCCn1ncnc1CNC(C)c1ccccn1. The molecule has 2 aromatic heterocycles. The molecule has 96 valence electrons. The molecule has 5 nitrogen and oxygen atoms in total. The van der Waals surface area contributed by atoms with E-state index in [9.17, 15) is 0 Å². The number of hydrogen-bond acceptors (Lipinski definition) is 4. The molecule has 0 bridgehead atoms. The monoisotopic (exact) mass is 245 g/mol. The van der Waals surface area contributed by atoms with E-state index in [1.54, 1.807) is 6.33 Å². The molecule has 5 heteroatoms. The van der Waals surface area contributed by atoms with Gasteiger partial charge in [0.15, 0.2) is 0 Å².